The van der Waals surface area contributed by atoms with Gasteiger partial charge in [0.1, 0.15) is 12.1 Å². The molecule has 5 nitrogen and oxygen atoms in total. The van der Waals surface area contributed by atoms with E-state index in [1.54, 1.807) is 0 Å². The van der Waals surface area contributed by atoms with Gasteiger partial charge in [-0.05, 0) is 38.0 Å². The zero-order valence-corrected chi connectivity index (χ0v) is 13.0. The Morgan fingerprint density at radius 1 is 1.19 bits per heavy atom. The van der Waals surface area contributed by atoms with Crippen LogP contribution < -0.4 is 5.32 Å². The van der Waals surface area contributed by atoms with Crippen LogP contribution in [-0.4, -0.2) is 48.1 Å². The highest BCUT2D eigenvalue weighted by atomic mass is 16.5. The summed E-state index contributed by atoms with van der Waals surface area (Å²) in [4.78, 5) is 26.9. The van der Waals surface area contributed by atoms with Crippen molar-refractivity contribution < 1.29 is 14.3 Å². The van der Waals surface area contributed by atoms with Crippen LogP contribution in [0.1, 0.15) is 46.0 Å². The van der Waals surface area contributed by atoms with E-state index in [4.69, 9.17) is 4.74 Å². The number of carbonyl (C=O) groups excluding carboxylic acids is 2. The Bertz CT molecular complexity index is 422. The highest BCUT2D eigenvalue weighted by Gasteiger charge is 2.47. The third-order valence-corrected chi connectivity index (χ3v) is 5.19. The van der Waals surface area contributed by atoms with Crippen molar-refractivity contribution in [1.82, 2.24) is 10.2 Å². The lowest BCUT2D eigenvalue weighted by Crippen LogP contribution is -2.64. The Balaban J connectivity index is 1.74. The maximum atomic E-state index is 12.8. The highest BCUT2D eigenvalue weighted by Crippen LogP contribution is 2.36. The van der Waals surface area contributed by atoms with Crippen LogP contribution in [-0.2, 0) is 14.3 Å². The van der Waals surface area contributed by atoms with Gasteiger partial charge in [0.05, 0.1) is 6.10 Å². The molecule has 21 heavy (non-hydrogen) atoms. The first-order valence-corrected chi connectivity index (χ1v) is 8.38. The summed E-state index contributed by atoms with van der Waals surface area (Å²) in [5.41, 5.74) is 0. The molecule has 1 aliphatic carbocycles. The van der Waals surface area contributed by atoms with Crippen molar-refractivity contribution in [3.63, 3.8) is 0 Å². The number of nitrogens with one attached hydrogen (secondary N) is 1. The van der Waals surface area contributed by atoms with Gasteiger partial charge in [-0.25, -0.2) is 0 Å². The summed E-state index contributed by atoms with van der Waals surface area (Å²) < 4.78 is 5.74. The van der Waals surface area contributed by atoms with Crippen LogP contribution in [0.4, 0.5) is 0 Å². The molecule has 0 aromatic carbocycles. The molecule has 0 aromatic rings. The van der Waals surface area contributed by atoms with Crippen LogP contribution in [0, 0.1) is 11.8 Å². The first-order chi connectivity index (χ1) is 10.2. The molecule has 0 bridgehead atoms. The quantitative estimate of drug-likeness (QED) is 0.832. The molecule has 0 radical (unpaired) electrons. The van der Waals surface area contributed by atoms with Crippen LogP contribution in [0.3, 0.4) is 0 Å². The Morgan fingerprint density at radius 2 is 1.95 bits per heavy atom. The average Bonchev–Trinajstić information content (AvgIpc) is 3.22. The van der Waals surface area contributed by atoms with E-state index in [9.17, 15) is 9.59 Å². The number of hydrogen-bond acceptors (Lipinski definition) is 3. The van der Waals surface area contributed by atoms with Gasteiger partial charge >= 0.3 is 0 Å². The molecule has 4 unspecified atom stereocenters. The maximum Gasteiger partial charge on any atom is 0.246 e. The largest absolute Gasteiger partial charge is 0.378 e. The minimum absolute atomic E-state index is 0.0287. The normalized spacial score (nSPS) is 37.0. The molecule has 2 heterocycles. The second-order valence-corrected chi connectivity index (χ2v) is 6.60. The van der Waals surface area contributed by atoms with Gasteiger partial charge in [0, 0.05) is 19.1 Å². The van der Waals surface area contributed by atoms with Crippen LogP contribution in [0.5, 0.6) is 0 Å². The number of carbonyl (C=O) groups is 2. The SMILES string of the molecule is CCC1OCCC1CN1C(=O)C(C2CC2)NC(=O)C1CC. The summed E-state index contributed by atoms with van der Waals surface area (Å²) in [5, 5.41) is 2.95. The van der Waals surface area contributed by atoms with Gasteiger partial charge in [0.15, 0.2) is 0 Å². The van der Waals surface area contributed by atoms with Crippen molar-refractivity contribution in [3.8, 4) is 0 Å². The summed E-state index contributed by atoms with van der Waals surface area (Å²) in [6.45, 7) is 5.55. The van der Waals surface area contributed by atoms with Gasteiger partial charge < -0.3 is 15.0 Å². The Kier molecular flexibility index (Phi) is 4.20. The molecular formula is C16H26N2O3. The maximum absolute atomic E-state index is 12.8. The topological polar surface area (TPSA) is 58.6 Å². The Hall–Kier alpha value is -1.10. The smallest absolute Gasteiger partial charge is 0.246 e. The summed E-state index contributed by atoms with van der Waals surface area (Å²) >= 11 is 0. The molecule has 1 N–H and O–H groups in total. The summed E-state index contributed by atoms with van der Waals surface area (Å²) in [6.07, 6.45) is 5.01. The summed E-state index contributed by atoms with van der Waals surface area (Å²) in [7, 11) is 0. The fourth-order valence-corrected chi connectivity index (χ4v) is 3.76. The first-order valence-electron chi connectivity index (χ1n) is 8.38. The van der Waals surface area contributed by atoms with E-state index in [-0.39, 0.29) is 30.0 Å². The van der Waals surface area contributed by atoms with Gasteiger partial charge in [-0.15, -0.1) is 0 Å². The average molecular weight is 294 g/mol. The molecule has 118 valence electrons. The molecule has 2 saturated heterocycles. The van der Waals surface area contributed by atoms with Gasteiger partial charge in [0.25, 0.3) is 0 Å². The molecule has 3 rings (SSSR count). The van der Waals surface area contributed by atoms with E-state index in [2.05, 4.69) is 12.2 Å². The standard InChI is InChI=1S/C16H26N2O3/c1-3-12-15(19)17-14(10-5-6-10)16(20)18(12)9-11-7-8-21-13(11)4-2/h10-14H,3-9H2,1-2H3,(H,17,19). The molecule has 0 spiro atoms. The molecule has 3 aliphatic rings. The van der Waals surface area contributed by atoms with Crippen LogP contribution >= 0.6 is 0 Å². The predicted octanol–water partition coefficient (Wildman–Crippen LogP) is 1.32. The molecule has 1 saturated carbocycles. The molecular weight excluding hydrogens is 268 g/mol. The van der Waals surface area contributed by atoms with Crippen molar-refractivity contribution >= 4 is 11.8 Å². The number of amides is 2. The monoisotopic (exact) mass is 294 g/mol. The van der Waals surface area contributed by atoms with Crippen molar-refractivity contribution in [2.75, 3.05) is 13.2 Å². The molecule has 4 atom stereocenters. The van der Waals surface area contributed by atoms with E-state index < -0.39 is 0 Å². The van der Waals surface area contributed by atoms with Crippen LogP contribution in [0.15, 0.2) is 0 Å². The fourth-order valence-electron chi connectivity index (χ4n) is 3.76. The van der Waals surface area contributed by atoms with E-state index in [0.29, 0.717) is 24.8 Å². The van der Waals surface area contributed by atoms with E-state index >= 15 is 0 Å². The zero-order valence-electron chi connectivity index (χ0n) is 13.0. The molecule has 3 fully saturated rings. The molecule has 0 aromatic heterocycles. The Labute approximate surface area is 126 Å². The minimum atomic E-state index is -0.300. The molecule has 2 aliphatic heterocycles. The Morgan fingerprint density at radius 3 is 2.57 bits per heavy atom. The van der Waals surface area contributed by atoms with Gasteiger partial charge in [0.2, 0.25) is 11.8 Å². The number of ether oxygens (including phenoxy) is 1. The van der Waals surface area contributed by atoms with Gasteiger partial charge in [-0.2, -0.15) is 0 Å². The van der Waals surface area contributed by atoms with Crippen molar-refractivity contribution in [1.29, 1.82) is 0 Å². The lowest BCUT2D eigenvalue weighted by molar-refractivity contribution is -0.151. The minimum Gasteiger partial charge on any atom is -0.378 e. The second-order valence-electron chi connectivity index (χ2n) is 6.60. The molecule has 2 amide bonds. The van der Waals surface area contributed by atoms with E-state index in [1.165, 1.54) is 0 Å². The van der Waals surface area contributed by atoms with Crippen LogP contribution in [0.2, 0.25) is 0 Å². The van der Waals surface area contributed by atoms with Crippen molar-refractivity contribution in [2.45, 2.75) is 64.1 Å². The zero-order chi connectivity index (χ0) is 15.0. The third-order valence-electron chi connectivity index (χ3n) is 5.19. The molecule has 5 heteroatoms. The van der Waals surface area contributed by atoms with Crippen molar-refractivity contribution in [2.24, 2.45) is 11.8 Å². The third kappa shape index (κ3) is 2.80. The number of piperazine rings is 1. The lowest BCUT2D eigenvalue weighted by Gasteiger charge is -2.40. The van der Waals surface area contributed by atoms with Crippen molar-refractivity contribution in [3.05, 3.63) is 0 Å². The van der Waals surface area contributed by atoms with E-state index in [1.807, 2.05) is 11.8 Å². The highest BCUT2D eigenvalue weighted by molar-refractivity contribution is 5.97. The van der Waals surface area contributed by atoms with Gasteiger partial charge in [-0.1, -0.05) is 13.8 Å². The number of hydrogen-bond donors (Lipinski definition) is 1. The second kappa shape index (κ2) is 5.95. The summed E-state index contributed by atoms with van der Waals surface area (Å²) in [6, 6.07) is -0.576. The lowest BCUT2D eigenvalue weighted by atomic mass is 9.95. The van der Waals surface area contributed by atoms with Gasteiger partial charge in [-0.3, -0.25) is 9.59 Å². The van der Waals surface area contributed by atoms with E-state index in [0.717, 1.165) is 32.3 Å². The first kappa shape index (κ1) is 14.8. The predicted molar refractivity (Wildman–Crippen MR) is 78.6 cm³/mol. The number of rotatable bonds is 5. The summed E-state index contributed by atoms with van der Waals surface area (Å²) in [5.74, 6) is 0.897. The fraction of sp³-hybridized carbons (Fsp3) is 0.875. The van der Waals surface area contributed by atoms with Crippen LogP contribution in [0.25, 0.3) is 0 Å². The number of nitrogens with zero attached hydrogens (tertiary/aromatic N) is 1.